The molecule has 0 saturated heterocycles. The summed E-state index contributed by atoms with van der Waals surface area (Å²) in [5.74, 6) is 0. The van der Waals surface area contributed by atoms with E-state index in [0.717, 1.165) is 6.32 Å². The molecule has 0 unspecified atom stereocenters. The first-order valence-corrected chi connectivity index (χ1v) is 5.78. The largest absolute Gasteiger partial charge is 0.147 e. The third-order valence-electron chi connectivity index (χ3n) is 2.37. The molecular weight excluding hydrogens is 188 g/mol. The fourth-order valence-electron chi connectivity index (χ4n) is 1.55. The second-order valence-corrected chi connectivity index (χ2v) is 3.66. The summed E-state index contributed by atoms with van der Waals surface area (Å²) in [6.07, 6.45) is 13.0. The first-order valence-electron chi connectivity index (χ1n) is 5.78. The lowest BCUT2D eigenvalue weighted by Crippen LogP contribution is -1.98. The van der Waals surface area contributed by atoms with Crippen LogP contribution in [0, 0.1) is 0 Å². The first-order chi connectivity index (χ1) is 6.41. The zero-order chi connectivity index (χ0) is 9.78. The Balaban J connectivity index is 0. The Bertz CT molecular complexity index is 65.4. The summed E-state index contributed by atoms with van der Waals surface area (Å²) in [5, 5.41) is 0. The smallest absolute Gasteiger partial charge is 0.0541 e. The van der Waals surface area contributed by atoms with Crippen LogP contribution in [0.1, 0.15) is 58.3 Å². The number of halogens is 1. The zero-order valence-corrected chi connectivity index (χ0v) is 10.3. The molecule has 0 nitrogen and oxygen atoms in total. The SMILES string of the molecule is C1CCCCCCC1.Cl.[B][B][B]CC. The predicted octanol–water partition coefficient (Wildman–Crippen LogP) is 3.37. The second kappa shape index (κ2) is 15.9. The molecule has 78 valence electrons. The van der Waals surface area contributed by atoms with Crippen molar-refractivity contribution in [2.45, 2.75) is 64.6 Å². The summed E-state index contributed by atoms with van der Waals surface area (Å²) in [5.41, 5.74) is 0. The van der Waals surface area contributed by atoms with Crippen molar-refractivity contribution in [3.63, 3.8) is 0 Å². The van der Waals surface area contributed by atoms with Crippen molar-refractivity contribution in [2.24, 2.45) is 0 Å². The van der Waals surface area contributed by atoms with Crippen LogP contribution >= 0.6 is 12.4 Å². The molecule has 0 N–H and O–H groups in total. The molecule has 1 aliphatic rings. The maximum absolute atomic E-state index is 4.96. The van der Waals surface area contributed by atoms with E-state index in [1.807, 2.05) is 14.1 Å². The van der Waals surface area contributed by atoms with E-state index >= 15 is 0 Å². The molecule has 0 amide bonds. The Labute approximate surface area is 99.3 Å². The Morgan fingerprint density at radius 1 is 0.857 bits per heavy atom. The van der Waals surface area contributed by atoms with E-state index in [0.29, 0.717) is 0 Å². The minimum absolute atomic E-state index is 0. The second-order valence-electron chi connectivity index (χ2n) is 3.66. The Kier molecular flexibility index (Phi) is 19.2. The minimum atomic E-state index is 0. The van der Waals surface area contributed by atoms with Crippen LogP contribution < -0.4 is 0 Å². The third kappa shape index (κ3) is 15.0. The molecule has 4 radical (unpaired) electrons. The molecule has 0 aliphatic heterocycles. The van der Waals surface area contributed by atoms with Crippen LogP contribution in [-0.2, 0) is 0 Å². The van der Waals surface area contributed by atoms with E-state index in [2.05, 4.69) is 0 Å². The van der Waals surface area contributed by atoms with E-state index < -0.39 is 0 Å². The van der Waals surface area contributed by atoms with E-state index in [-0.39, 0.29) is 12.4 Å². The zero-order valence-electron chi connectivity index (χ0n) is 9.50. The van der Waals surface area contributed by atoms with Crippen LogP contribution in [0.25, 0.3) is 0 Å². The number of hydrogen-bond acceptors (Lipinski definition) is 0. The van der Waals surface area contributed by atoms with Gasteiger partial charge in [-0.2, -0.15) is 0 Å². The van der Waals surface area contributed by atoms with Crippen LogP contribution in [0.4, 0.5) is 0 Å². The van der Waals surface area contributed by atoms with Crippen LogP contribution in [0.2, 0.25) is 6.32 Å². The lowest BCUT2D eigenvalue weighted by molar-refractivity contribution is 0.504. The molecule has 1 rings (SSSR count). The molecule has 4 heteroatoms. The average Bonchev–Trinajstić information content (AvgIpc) is 2.05. The Morgan fingerprint density at radius 2 is 1.14 bits per heavy atom. The molecular formula is C10H22B3Cl. The van der Waals surface area contributed by atoms with Gasteiger partial charge in [0.1, 0.15) is 0 Å². The topological polar surface area (TPSA) is 0 Å². The van der Waals surface area contributed by atoms with Gasteiger partial charge in [-0.1, -0.05) is 64.6 Å². The quantitative estimate of drug-likeness (QED) is 0.613. The molecule has 1 fully saturated rings. The molecule has 0 aromatic rings. The average molecular weight is 210 g/mol. The van der Waals surface area contributed by atoms with Gasteiger partial charge in [-0.3, -0.25) is 0 Å². The highest BCUT2D eigenvalue weighted by Gasteiger charge is 1.95. The van der Waals surface area contributed by atoms with E-state index in [9.17, 15) is 0 Å². The summed E-state index contributed by atoms with van der Waals surface area (Å²) in [6.45, 7) is 2.04. The van der Waals surface area contributed by atoms with Gasteiger partial charge in [-0.05, 0) is 0 Å². The molecule has 0 aromatic carbocycles. The Hall–Kier alpha value is 0.485. The van der Waals surface area contributed by atoms with Crippen LogP contribution in [0.15, 0.2) is 0 Å². The number of hydrogen-bond donors (Lipinski definition) is 0. The molecule has 0 spiro atoms. The van der Waals surface area contributed by atoms with Gasteiger partial charge in [0.2, 0.25) is 0 Å². The molecule has 1 saturated carbocycles. The summed E-state index contributed by atoms with van der Waals surface area (Å²) < 4.78 is 0. The van der Waals surface area contributed by atoms with Crippen molar-refractivity contribution in [3.8, 4) is 0 Å². The van der Waals surface area contributed by atoms with Crippen LogP contribution in [-0.4, -0.2) is 22.0 Å². The lowest BCUT2D eigenvalue weighted by Gasteiger charge is -2.05. The molecule has 0 atom stereocenters. The van der Waals surface area contributed by atoms with Crippen molar-refractivity contribution in [1.82, 2.24) is 0 Å². The van der Waals surface area contributed by atoms with Gasteiger partial charge in [0.15, 0.2) is 0 Å². The Morgan fingerprint density at radius 3 is 1.21 bits per heavy atom. The van der Waals surface area contributed by atoms with Gasteiger partial charge in [0.05, 0.1) is 7.17 Å². The third-order valence-corrected chi connectivity index (χ3v) is 2.37. The molecule has 14 heavy (non-hydrogen) atoms. The van der Waals surface area contributed by atoms with Crippen LogP contribution in [0.3, 0.4) is 0 Å². The molecule has 0 bridgehead atoms. The van der Waals surface area contributed by atoms with Gasteiger partial charge >= 0.3 is 0 Å². The van der Waals surface area contributed by atoms with Gasteiger partial charge in [-0.25, -0.2) is 0 Å². The molecule has 1 aliphatic carbocycles. The van der Waals surface area contributed by atoms with E-state index in [1.165, 1.54) is 51.4 Å². The summed E-state index contributed by atoms with van der Waals surface area (Å²) in [6, 6.07) is 0. The predicted molar refractivity (Wildman–Crippen MR) is 71.9 cm³/mol. The van der Waals surface area contributed by atoms with Crippen molar-refractivity contribution >= 4 is 34.4 Å². The highest BCUT2D eigenvalue weighted by atomic mass is 35.5. The summed E-state index contributed by atoms with van der Waals surface area (Å²) in [4.78, 5) is 0. The summed E-state index contributed by atoms with van der Waals surface area (Å²) >= 11 is 0. The van der Waals surface area contributed by atoms with Gasteiger partial charge in [-0.15, -0.1) is 12.4 Å². The van der Waals surface area contributed by atoms with E-state index in [1.54, 1.807) is 7.06 Å². The van der Waals surface area contributed by atoms with Crippen molar-refractivity contribution in [1.29, 1.82) is 0 Å². The highest BCUT2D eigenvalue weighted by molar-refractivity contribution is 7.23. The number of rotatable bonds is 2. The standard InChI is InChI=1S/C8H16.C2H5B3.ClH/c1-2-4-6-8-7-5-3-1;1-2-4-5-3;/h1-8H2;2H2,1H3;1H. The van der Waals surface area contributed by atoms with Gasteiger partial charge < -0.3 is 0 Å². The van der Waals surface area contributed by atoms with Crippen molar-refractivity contribution in [3.05, 3.63) is 0 Å². The fourth-order valence-corrected chi connectivity index (χ4v) is 1.55. The maximum Gasteiger partial charge on any atom is 0.0541 e. The van der Waals surface area contributed by atoms with Crippen LogP contribution in [0.5, 0.6) is 0 Å². The lowest BCUT2D eigenvalue weighted by atomic mass is 9.27. The van der Waals surface area contributed by atoms with Gasteiger partial charge in [0.25, 0.3) is 0 Å². The molecule has 0 aromatic heterocycles. The molecule has 0 heterocycles. The normalized spacial score (nSPS) is 16.1. The first kappa shape index (κ1) is 16.9. The van der Waals surface area contributed by atoms with Crippen molar-refractivity contribution in [2.75, 3.05) is 0 Å². The monoisotopic (exact) mass is 210 g/mol. The summed E-state index contributed by atoms with van der Waals surface area (Å²) in [7, 11) is 8.42. The fraction of sp³-hybridized carbons (Fsp3) is 1.00. The van der Waals surface area contributed by atoms with E-state index in [4.69, 9.17) is 7.74 Å². The highest BCUT2D eigenvalue weighted by Crippen LogP contribution is 2.15. The minimum Gasteiger partial charge on any atom is -0.147 e. The maximum atomic E-state index is 4.96. The van der Waals surface area contributed by atoms with Crippen molar-refractivity contribution < 1.29 is 0 Å². The van der Waals surface area contributed by atoms with Gasteiger partial charge in [0, 0.05) is 14.8 Å².